The van der Waals surface area contributed by atoms with Crippen LogP contribution in [-0.4, -0.2) is 69.4 Å². The molecular weight excluding hydrogens is 466 g/mol. The molecule has 182 valence electrons. The highest BCUT2D eigenvalue weighted by Gasteiger charge is 2.32. The van der Waals surface area contributed by atoms with Crippen molar-refractivity contribution in [1.29, 1.82) is 0 Å². The third kappa shape index (κ3) is 5.23. The number of amides is 2. The summed E-state index contributed by atoms with van der Waals surface area (Å²) in [5.41, 5.74) is 3.17. The lowest BCUT2D eigenvalue weighted by molar-refractivity contribution is -0.137. The SMILES string of the molecule is CC(=O)N1CCc2ccccc2C1CC(=O)N1CCN(Cc2nc(-c3ccc(Cl)cc3)no2)CC1. The highest BCUT2D eigenvalue weighted by molar-refractivity contribution is 6.30. The summed E-state index contributed by atoms with van der Waals surface area (Å²) in [7, 11) is 0. The van der Waals surface area contributed by atoms with Crippen molar-refractivity contribution < 1.29 is 14.1 Å². The quantitative estimate of drug-likeness (QED) is 0.540. The van der Waals surface area contributed by atoms with E-state index < -0.39 is 0 Å². The van der Waals surface area contributed by atoms with Gasteiger partial charge in [-0.3, -0.25) is 14.5 Å². The van der Waals surface area contributed by atoms with Crippen molar-refractivity contribution in [3.63, 3.8) is 0 Å². The fraction of sp³-hybridized carbons (Fsp3) is 0.385. The number of halogens is 1. The molecule has 0 bridgehead atoms. The molecule has 1 aromatic heterocycles. The van der Waals surface area contributed by atoms with Gasteiger partial charge in [0.05, 0.1) is 19.0 Å². The van der Waals surface area contributed by atoms with E-state index in [1.54, 1.807) is 19.1 Å². The third-order valence-corrected chi connectivity index (χ3v) is 7.09. The summed E-state index contributed by atoms with van der Waals surface area (Å²) in [5, 5.41) is 4.74. The van der Waals surface area contributed by atoms with Gasteiger partial charge in [-0.2, -0.15) is 4.98 Å². The summed E-state index contributed by atoms with van der Waals surface area (Å²) >= 11 is 5.95. The molecule has 0 spiro atoms. The van der Waals surface area contributed by atoms with Gasteiger partial charge < -0.3 is 14.3 Å². The molecule has 8 nitrogen and oxygen atoms in total. The first-order valence-corrected chi connectivity index (χ1v) is 12.3. The maximum Gasteiger partial charge on any atom is 0.241 e. The molecule has 0 saturated carbocycles. The monoisotopic (exact) mass is 493 g/mol. The molecule has 0 N–H and O–H groups in total. The molecule has 1 fully saturated rings. The minimum Gasteiger partial charge on any atom is -0.340 e. The van der Waals surface area contributed by atoms with Crippen molar-refractivity contribution in [1.82, 2.24) is 24.8 Å². The van der Waals surface area contributed by atoms with Crippen LogP contribution in [-0.2, 0) is 22.6 Å². The molecular formula is C26H28ClN5O3. The second-order valence-corrected chi connectivity index (χ2v) is 9.49. The summed E-state index contributed by atoms with van der Waals surface area (Å²) in [6, 6.07) is 15.2. The number of carbonyl (C=O) groups is 2. The van der Waals surface area contributed by atoms with Crippen LogP contribution >= 0.6 is 11.6 Å². The number of benzene rings is 2. The van der Waals surface area contributed by atoms with Crippen LogP contribution in [0.1, 0.15) is 36.4 Å². The third-order valence-electron chi connectivity index (χ3n) is 6.84. The van der Waals surface area contributed by atoms with Gasteiger partial charge in [-0.1, -0.05) is 41.0 Å². The molecule has 1 unspecified atom stereocenters. The minimum atomic E-state index is -0.201. The van der Waals surface area contributed by atoms with Crippen LogP contribution in [0.2, 0.25) is 5.02 Å². The second kappa shape index (κ2) is 10.2. The Bertz CT molecular complexity index is 1200. The van der Waals surface area contributed by atoms with Crippen molar-refractivity contribution in [3.05, 3.63) is 70.6 Å². The van der Waals surface area contributed by atoms with Crippen molar-refractivity contribution in [2.24, 2.45) is 0 Å². The molecule has 5 rings (SSSR count). The molecule has 9 heteroatoms. The van der Waals surface area contributed by atoms with Gasteiger partial charge in [0, 0.05) is 50.2 Å². The maximum absolute atomic E-state index is 13.2. The normalized spacial score (nSPS) is 18.4. The van der Waals surface area contributed by atoms with Gasteiger partial charge in [0.1, 0.15) is 0 Å². The van der Waals surface area contributed by atoms with Crippen molar-refractivity contribution in [3.8, 4) is 11.4 Å². The Morgan fingerprint density at radius 2 is 1.77 bits per heavy atom. The first-order chi connectivity index (χ1) is 17.0. The fourth-order valence-electron chi connectivity index (χ4n) is 4.93. The van der Waals surface area contributed by atoms with Crippen LogP contribution in [0.25, 0.3) is 11.4 Å². The summed E-state index contributed by atoms with van der Waals surface area (Å²) in [6.45, 7) is 5.48. The number of aromatic nitrogens is 2. The Balaban J connectivity index is 1.17. The van der Waals surface area contributed by atoms with E-state index in [-0.39, 0.29) is 17.9 Å². The van der Waals surface area contributed by atoms with E-state index in [0.717, 1.165) is 30.6 Å². The molecule has 2 aromatic carbocycles. The topological polar surface area (TPSA) is 82.8 Å². The molecule has 0 radical (unpaired) electrons. The highest BCUT2D eigenvalue weighted by Crippen LogP contribution is 2.33. The lowest BCUT2D eigenvalue weighted by Crippen LogP contribution is -2.49. The Kier molecular flexibility index (Phi) is 6.83. The molecule has 3 heterocycles. The van der Waals surface area contributed by atoms with Gasteiger partial charge in [0.15, 0.2) is 0 Å². The largest absolute Gasteiger partial charge is 0.340 e. The van der Waals surface area contributed by atoms with Crippen LogP contribution in [0.4, 0.5) is 0 Å². The number of fused-ring (bicyclic) bond motifs is 1. The van der Waals surface area contributed by atoms with E-state index in [0.29, 0.717) is 49.3 Å². The second-order valence-electron chi connectivity index (χ2n) is 9.06. The van der Waals surface area contributed by atoms with E-state index in [9.17, 15) is 9.59 Å². The Hall–Kier alpha value is -3.23. The van der Waals surface area contributed by atoms with E-state index in [4.69, 9.17) is 16.1 Å². The zero-order valence-corrected chi connectivity index (χ0v) is 20.4. The number of nitrogens with zero attached hydrogens (tertiary/aromatic N) is 5. The number of carbonyl (C=O) groups excluding carboxylic acids is 2. The Labute approximate surface area is 209 Å². The smallest absolute Gasteiger partial charge is 0.241 e. The summed E-state index contributed by atoms with van der Waals surface area (Å²) in [4.78, 5) is 35.9. The molecule has 3 aromatic rings. The van der Waals surface area contributed by atoms with Crippen molar-refractivity contribution in [2.75, 3.05) is 32.7 Å². The average Bonchev–Trinajstić information content (AvgIpc) is 3.33. The minimum absolute atomic E-state index is 0.0136. The van der Waals surface area contributed by atoms with Crippen LogP contribution in [0.15, 0.2) is 53.1 Å². The molecule has 1 saturated heterocycles. The molecule has 2 aliphatic rings. The van der Waals surface area contributed by atoms with Crippen LogP contribution in [0.3, 0.4) is 0 Å². The van der Waals surface area contributed by atoms with Crippen molar-refractivity contribution in [2.45, 2.75) is 32.4 Å². The lowest BCUT2D eigenvalue weighted by atomic mass is 9.90. The first kappa shape index (κ1) is 23.5. The van der Waals surface area contributed by atoms with E-state index in [1.807, 2.05) is 40.1 Å². The molecule has 0 aliphatic carbocycles. The van der Waals surface area contributed by atoms with Crippen LogP contribution in [0, 0.1) is 0 Å². The first-order valence-electron chi connectivity index (χ1n) is 11.9. The van der Waals surface area contributed by atoms with E-state index in [1.165, 1.54) is 5.56 Å². The molecule has 2 amide bonds. The summed E-state index contributed by atoms with van der Waals surface area (Å²) in [5.74, 6) is 1.18. The standard InChI is InChI=1S/C26H28ClN5O3/c1-18(33)32-11-10-19-4-2-3-5-22(19)23(32)16-25(34)31-14-12-30(13-15-31)17-24-28-26(29-35-24)20-6-8-21(27)9-7-20/h2-9,23H,10-17H2,1H3. The van der Waals surface area contributed by atoms with Gasteiger partial charge >= 0.3 is 0 Å². The van der Waals surface area contributed by atoms with E-state index in [2.05, 4.69) is 21.1 Å². The average molecular weight is 494 g/mol. The fourth-order valence-corrected chi connectivity index (χ4v) is 5.05. The Morgan fingerprint density at radius 3 is 2.51 bits per heavy atom. The summed E-state index contributed by atoms with van der Waals surface area (Å²) in [6.07, 6.45) is 1.14. The highest BCUT2D eigenvalue weighted by atomic mass is 35.5. The van der Waals surface area contributed by atoms with Gasteiger partial charge in [-0.25, -0.2) is 0 Å². The van der Waals surface area contributed by atoms with E-state index >= 15 is 0 Å². The zero-order valence-electron chi connectivity index (χ0n) is 19.7. The number of piperazine rings is 1. The van der Waals surface area contributed by atoms with Crippen molar-refractivity contribution >= 4 is 23.4 Å². The zero-order chi connectivity index (χ0) is 24.4. The van der Waals surface area contributed by atoms with Gasteiger partial charge in [0.25, 0.3) is 0 Å². The number of rotatable bonds is 5. The van der Waals surface area contributed by atoms with Gasteiger partial charge in [-0.15, -0.1) is 0 Å². The van der Waals surface area contributed by atoms with Crippen LogP contribution in [0.5, 0.6) is 0 Å². The lowest BCUT2D eigenvalue weighted by Gasteiger charge is -2.39. The maximum atomic E-state index is 13.2. The number of hydrogen-bond acceptors (Lipinski definition) is 6. The molecule has 2 aliphatic heterocycles. The Morgan fingerprint density at radius 1 is 1.03 bits per heavy atom. The van der Waals surface area contributed by atoms with Gasteiger partial charge in [0.2, 0.25) is 23.5 Å². The van der Waals surface area contributed by atoms with Gasteiger partial charge in [-0.05, 0) is 41.8 Å². The predicted molar refractivity (Wildman–Crippen MR) is 131 cm³/mol. The molecule has 35 heavy (non-hydrogen) atoms. The molecule has 1 atom stereocenters. The number of hydrogen-bond donors (Lipinski definition) is 0. The predicted octanol–water partition coefficient (Wildman–Crippen LogP) is 3.57. The van der Waals surface area contributed by atoms with Crippen LogP contribution < -0.4 is 0 Å². The summed E-state index contributed by atoms with van der Waals surface area (Å²) < 4.78 is 5.44.